The van der Waals surface area contributed by atoms with Gasteiger partial charge in [-0.1, -0.05) is 105 Å². The van der Waals surface area contributed by atoms with E-state index in [2.05, 4.69) is 62.0 Å². The van der Waals surface area contributed by atoms with Gasteiger partial charge in [0.15, 0.2) is 0 Å². The Morgan fingerprint density at radius 3 is 2.00 bits per heavy atom. The van der Waals surface area contributed by atoms with Gasteiger partial charge in [-0.15, -0.1) is 0 Å². The number of alkyl carbamates (subject to hydrolysis) is 2. The first-order valence-corrected chi connectivity index (χ1v) is 20.6. The van der Waals surface area contributed by atoms with Gasteiger partial charge in [0.25, 0.3) is 5.91 Å². The number of amides is 4. The van der Waals surface area contributed by atoms with Crippen LogP contribution in [0, 0.1) is 5.92 Å². The average Bonchev–Trinajstić information content (AvgIpc) is 4.14. The van der Waals surface area contributed by atoms with E-state index in [9.17, 15) is 19.2 Å². The molecule has 0 radical (unpaired) electrons. The maximum Gasteiger partial charge on any atom is 0.407 e. The van der Waals surface area contributed by atoms with Crippen molar-refractivity contribution in [3.05, 3.63) is 132 Å². The maximum atomic E-state index is 13.9. The van der Waals surface area contributed by atoms with Crippen LogP contribution < -0.4 is 10.6 Å². The smallest absolute Gasteiger partial charge is 0.407 e. The van der Waals surface area contributed by atoms with Crippen LogP contribution in [0.5, 0.6) is 0 Å². The van der Waals surface area contributed by atoms with Crippen molar-refractivity contribution < 1.29 is 28.7 Å². The highest BCUT2D eigenvalue weighted by Gasteiger charge is 2.38. The number of allylic oxidation sites excluding steroid dienone is 2. The molecule has 0 unspecified atom stereocenters. The molecule has 5 aromatic rings. The number of hydrogen-bond donors (Lipinski definition) is 4. The Kier molecular flexibility index (Phi) is 13.4. The molecule has 14 nitrogen and oxygen atoms in total. The van der Waals surface area contributed by atoms with Gasteiger partial charge in [0.05, 0.1) is 50.1 Å². The number of likely N-dealkylation sites (tertiary alicyclic amines) is 2. The molecule has 61 heavy (non-hydrogen) atoms. The van der Waals surface area contributed by atoms with E-state index in [-0.39, 0.29) is 29.8 Å². The molecule has 4 heterocycles. The SMILES string of the molecule is COC(=O)N[C@H](C(=O)N1CCC[C@H]1c1ncc(C=CC=Cc2ccc(-c3cnc([C@@H]4CCCN4C(=O)[C@@H](NC(=O)OC)C(C)C)[nH]3)cc2-c2ccccc2)[nH]1)c1ccccc1. The molecule has 4 amide bonds. The van der Waals surface area contributed by atoms with Gasteiger partial charge < -0.3 is 39.9 Å². The van der Waals surface area contributed by atoms with Crippen molar-refractivity contribution in [3.8, 4) is 22.4 Å². The van der Waals surface area contributed by atoms with E-state index in [0.717, 1.165) is 59.3 Å². The van der Waals surface area contributed by atoms with E-state index in [1.165, 1.54) is 14.2 Å². The fourth-order valence-corrected chi connectivity index (χ4v) is 8.10. The summed E-state index contributed by atoms with van der Waals surface area (Å²) in [6.07, 6.45) is 13.3. The van der Waals surface area contributed by atoms with Crippen LogP contribution >= 0.6 is 0 Å². The highest BCUT2D eigenvalue weighted by molar-refractivity contribution is 5.88. The molecular weight excluding hydrogens is 773 g/mol. The van der Waals surface area contributed by atoms with Crippen LogP contribution in [0.1, 0.15) is 86.1 Å². The Labute approximate surface area is 355 Å². The Morgan fingerprint density at radius 2 is 1.33 bits per heavy atom. The summed E-state index contributed by atoms with van der Waals surface area (Å²) in [7, 11) is 2.57. The summed E-state index contributed by atoms with van der Waals surface area (Å²) < 4.78 is 9.61. The van der Waals surface area contributed by atoms with Crippen LogP contribution in [0.25, 0.3) is 34.5 Å². The predicted octanol–water partition coefficient (Wildman–Crippen LogP) is 8.00. The van der Waals surface area contributed by atoms with Gasteiger partial charge in [0, 0.05) is 18.7 Å². The van der Waals surface area contributed by atoms with Gasteiger partial charge in [-0.25, -0.2) is 19.6 Å². The third-order valence-electron chi connectivity index (χ3n) is 11.2. The van der Waals surface area contributed by atoms with Crippen molar-refractivity contribution in [1.82, 2.24) is 40.4 Å². The zero-order valence-corrected chi connectivity index (χ0v) is 34.8. The molecule has 2 saturated heterocycles. The molecule has 0 bridgehead atoms. The zero-order valence-electron chi connectivity index (χ0n) is 34.8. The fraction of sp³-hybridized carbons (Fsp3) is 0.319. The minimum atomic E-state index is -0.887. The molecule has 2 aliphatic rings. The van der Waals surface area contributed by atoms with E-state index in [4.69, 9.17) is 14.5 Å². The molecular formula is C47H52N8O6. The Morgan fingerprint density at radius 1 is 0.721 bits per heavy atom. The number of imidazole rings is 2. The lowest BCUT2D eigenvalue weighted by atomic mass is 9.96. The lowest BCUT2D eigenvalue weighted by Crippen LogP contribution is -2.51. The van der Waals surface area contributed by atoms with E-state index in [1.807, 2.05) is 91.7 Å². The zero-order chi connectivity index (χ0) is 42.9. The van der Waals surface area contributed by atoms with Gasteiger partial charge in [-0.2, -0.15) is 0 Å². The lowest BCUT2D eigenvalue weighted by molar-refractivity contribution is -0.135. The first-order chi connectivity index (χ1) is 29.6. The molecule has 4 atom stereocenters. The summed E-state index contributed by atoms with van der Waals surface area (Å²) >= 11 is 0. The van der Waals surface area contributed by atoms with Gasteiger partial charge in [-0.05, 0) is 66.0 Å². The molecule has 0 spiro atoms. The van der Waals surface area contributed by atoms with Crippen molar-refractivity contribution in [2.24, 2.45) is 5.92 Å². The number of benzene rings is 3. The predicted molar refractivity (Wildman–Crippen MR) is 232 cm³/mol. The second-order valence-electron chi connectivity index (χ2n) is 15.5. The van der Waals surface area contributed by atoms with Crippen molar-refractivity contribution in [2.75, 3.05) is 27.3 Å². The number of rotatable bonds is 13. The van der Waals surface area contributed by atoms with Crippen LogP contribution in [0.2, 0.25) is 0 Å². The van der Waals surface area contributed by atoms with Crippen LogP contribution in [0.15, 0.2) is 103 Å². The molecule has 2 aliphatic heterocycles. The third-order valence-corrected chi connectivity index (χ3v) is 11.2. The van der Waals surface area contributed by atoms with Crippen molar-refractivity contribution in [3.63, 3.8) is 0 Å². The van der Waals surface area contributed by atoms with Crippen LogP contribution in [-0.4, -0.2) is 87.1 Å². The maximum absolute atomic E-state index is 13.9. The Bertz CT molecular complexity index is 2370. The highest BCUT2D eigenvalue weighted by atomic mass is 16.5. The normalized spacial score (nSPS) is 17.5. The minimum Gasteiger partial charge on any atom is -0.453 e. The number of nitrogens with one attached hydrogen (secondary N) is 4. The molecule has 3 aromatic carbocycles. The molecule has 2 aromatic heterocycles. The Hall–Kier alpha value is -6.96. The molecule has 0 aliphatic carbocycles. The molecule has 0 saturated carbocycles. The summed E-state index contributed by atoms with van der Waals surface area (Å²) in [5, 5.41) is 5.41. The van der Waals surface area contributed by atoms with E-state index >= 15 is 0 Å². The summed E-state index contributed by atoms with van der Waals surface area (Å²) in [4.78, 5) is 71.7. The van der Waals surface area contributed by atoms with Gasteiger partial charge in [0.1, 0.15) is 23.7 Å². The molecule has 7 rings (SSSR count). The summed E-state index contributed by atoms with van der Waals surface area (Å²) in [5.41, 5.74) is 6.37. The standard InChI is InChI=1S/C47H52N8O6/c1-30(2)40(52-46(58)60-3)44(56)54-25-14-22-39(54)43-49-29-37(51-43)34-24-23-32(36(27-34)31-15-7-5-8-16-31)17-11-12-20-35-28-48-42(50-35)38-21-13-26-55(38)45(57)41(53-47(59)61-4)33-18-9-6-10-19-33/h5-12,15-20,23-24,27-30,38-41H,13-14,21-22,25-26H2,1-4H3,(H,48,50)(H,49,51)(H,52,58)(H,53,59)/t38-,39-,40-,41-/m0/s1. The second-order valence-corrected chi connectivity index (χ2v) is 15.5. The average molecular weight is 825 g/mol. The van der Waals surface area contributed by atoms with Crippen LogP contribution in [-0.2, 0) is 19.1 Å². The monoisotopic (exact) mass is 824 g/mol. The number of aromatic nitrogens is 4. The van der Waals surface area contributed by atoms with Crippen molar-refractivity contribution in [1.29, 1.82) is 0 Å². The number of carbonyl (C=O) groups is 4. The number of carbonyl (C=O) groups excluding carboxylic acids is 4. The summed E-state index contributed by atoms with van der Waals surface area (Å²) in [6.45, 7) is 4.92. The molecule has 14 heteroatoms. The number of ether oxygens (including phenoxy) is 2. The largest absolute Gasteiger partial charge is 0.453 e. The number of methoxy groups -OCH3 is 2. The van der Waals surface area contributed by atoms with E-state index in [0.29, 0.717) is 30.3 Å². The lowest BCUT2D eigenvalue weighted by Gasteiger charge is -2.30. The molecule has 2 fully saturated rings. The Balaban J connectivity index is 1.06. The third kappa shape index (κ3) is 9.75. The fourth-order valence-electron chi connectivity index (χ4n) is 8.10. The highest BCUT2D eigenvalue weighted by Crippen LogP contribution is 2.36. The van der Waals surface area contributed by atoms with Gasteiger partial charge >= 0.3 is 12.2 Å². The van der Waals surface area contributed by atoms with Gasteiger partial charge in [0.2, 0.25) is 5.91 Å². The minimum absolute atomic E-state index is 0.122. The first-order valence-electron chi connectivity index (χ1n) is 20.6. The quantitative estimate of drug-likeness (QED) is 0.0865. The number of aromatic amines is 2. The summed E-state index contributed by atoms with van der Waals surface area (Å²) in [6, 6.07) is 23.5. The van der Waals surface area contributed by atoms with Crippen LogP contribution in [0.4, 0.5) is 9.59 Å². The molecule has 4 N–H and O–H groups in total. The van der Waals surface area contributed by atoms with Crippen molar-refractivity contribution >= 4 is 36.2 Å². The van der Waals surface area contributed by atoms with Crippen LogP contribution in [0.3, 0.4) is 0 Å². The van der Waals surface area contributed by atoms with Crippen molar-refractivity contribution in [2.45, 2.75) is 63.7 Å². The first kappa shape index (κ1) is 42.2. The second kappa shape index (κ2) is 19.4. The summed E-state index contributed by atoms with van der Waals surface area (Å²) in [5.74, 6) is 0.899. The topological polar surface area (TPSA) is 175 Å². The molecule has 316 valence electrons. The van der Waals surface area contributed by atoms with Gasteiger partial charge in [-0.3, -0.25) is 9.59 Å². The number of hydrogen-bond acceptors (Lipinski definition) is 8. The number of H-pyrrole nitrogens is 2. The van der Waals surface area contributed by atoms with E-state index in [1.54, 1.807) is 11.1 Å². The number of nitrogens with zero attached hydrogens (tertiary/aromatic N) is 4. The van der Waals surface area contributed by atoms with E-state index < -0.39 is 24.3 Å².